The normalized spacial score (nSPS) is 29.7. The second kappa shape index (κ2) is 9.04. The molecule has 0 radical (unpaired) electrons. The van der Waals surface area contributed by atoms with Crippen LogP contribution in [0.1, 0.15) is 46.0 Å². The van der Waals surface area contributed by atoms with E-state index >= 15 is 0 Å². The first kappa shape index (κ1) is 19.5. The van der Waals surface area contributed by atoms with Crippen molar-refractivity contribution in [1.29, 1.82) is 0 Å². The summed E-state index contributed by atoms with van der Waals surface area (Å²) in [6.45, 7) is 8.71. The monoisotopic (exact) mass is 338 g/mol. The van der Waals surface area contributed by atoms with Crippen molar-refractivity contribution in [1.82, 2.24) is 20.0 Å². The highest BCUT2D eigenvalue weighted by molar-refractivity contribution is 5.74. The van der Waals surface area contributed by atoms with Gasteiger partial charge in [0.2, 0.25) is 0 Å². The highest BCUT2D eigenvalue weighted by atomic mass is 16.2. The van der Waals surface area contributed by atoms with Gasteiger partial charge in [-0.3, -0.25) is 0 Å². The Labute approximate surface area is 148 Å². The van der Waals surface area contributed by atoms with Crippen molar-refractivity contribution in [3.05, 3.63) is 0 Å². The summed E-state index contributed by atoms with van der Waals surface area (Å²) in [5, 5.41) is 3.27. The molecule has 0 aromatic heterocycles. The second-order valence-electron chi connectivity index (χ2n) is 8.26. The third-order valence-electron chi connectivity index (χ3n) is 6.46. The molecule has 0 spiro atoms. The van der Waals surface area contributed by atoms with Crippen LogP contribution < -0.4 is 5.32 Å². The van der Waals surface area contributed by atoms with Crippen LogP contribution in [0.2, 0.25) is 0 Å². The Morgan fingerprint density at radius 1 is 1.08 bits per heavy atom. The predicted molar refractivity (Wildman–Crippen MR) is 100 cm³/mol. The number of piperidine rings is 1. The average molecular weight is 339 g/mol. The first-order chi connectivity index (χ1) is 11.4. The third-order valence-corrected chi connectivity index (χ3v) is 6.46. The molecule has 0 unspecified atom stereocenters. The largest absolute Gasteiger partial charge is 0.335 e. The molecule has 2 aliphatic rings. The van der Waals surface area contributed by atoms with Gasteiger partial charge in [-0.05, 0) is 58.3 Å². The van der Waals surface area contributed by atoms with Crippen molar-refractivity contribution in [2.75, 3.05) is 47.3 Å². The highest BCUT2D eigenvalue weighted by Crippen LogP contribution is 2.29. The zero-order valence-electron chi connectivity index (χ0n) is 16.4. The van der Waals surface area contributed by atoms with Crippen LogP contribution in [0.5, 0.6) is 0 Å². The number of carbonyl (C=O) groups is 1. The number of nitrogens with zero attached hydrogens (tertiary/aromatic N) is 3. The lowest BCUT2D eigenvalue weighted by Gasteiger charge is -2.37. The first-order valence-electron chi connectivity index (χ1n) is 9.79. The number of nitrogens with one attached hydrogen (secondary N) is 1. The van der Waals surface area contributed by atoms with Gasteiger partial charge in [0.05, 0.1) is 0 Å². The fraction of sp³-hybridized carbons (Fsp3) is 0.947. The molecule has 1 aliphatic carbocycles. The van der Waals surface area contributed by atoms with Crippen molar-refractivity contribution < 1.29 is 4.79 Å². The number of rotatable bonds is 5. The van der Waals surface area contributed by atoms with Gasteiger partial charge in [0.25, 0.3) is 0 Å². The van der Waals surface area contributed by atoms with Gasteiger partial charge in [-0.2, -0.15) is 0 Å². The Morgan fingerprint density at radius 3 is 2.42 bits per heavy atom. The summed E-state index contributed by atoms with van der Waals surface area (Å²) in [7, 11) is 6.32. The summed E-state index contributed by atoms with van der Waals surface area (Å²) in [5.41, 5.74) is 0. The molecular formula is C19H38N4O. The minimum Gasteiger partial charge on any atom is -0.335 e. The number of amides is 2. The third kappa shape index (κ3) is 5.35. The average Bonchev–Trinajstić information content (AvgIpc) is 2.57. The number of urea groups is 1. The minimum atomic E-state index is 0.0951. The van der Waals surface area contributed by atoms with Crippen LogP contribution in [0.3, 0.4) is 0 Å². The molecular weight excluding hydrogens is 300 g/mol. The van der Waals surface area contributed by atoms with Gasteiger partial charge >= 0.3 is 6.03 Å². The van der Waals surface area contributed by atoms with E-state index in [1.165, 1.54) is 38.8 Å². The molecule has 5 nitrogen and oxygen atoms in total. The number of hydrogen-bond donors (Lipinski definition) is 1. The standard InChI is InChI=1S/C19H38N4O/c1-15-7-6-8-18(16(15)2)20-19(24)23(5)14-13-22(4)17-9-11-21(3)12-10-17/h15-18H,6-14H2,1-5H3,(H,20,24)/t15-,16+,18+/m1/s1. The van der Waals surface area contributed by atoms with Crippen LogP contribution in [0.25, 0.3) is 0 Å². The molecule has 3 atom stereocenters. The zero-order valence-corrected chi connectivity index (χ0v) is 16.4. The van der Waals surface area contributed by atoms with Gasteiger partial charge in [0.1, 0.15) is 0 Å². The molecule has 0 bridgehead atoms. The van der Waals surface area contributed by atoms with E-state index in [4.69, 9.17) is 0 Å². The van der Waals surface area contributed by atoms with Crippen molar-refractivity contribution in [3.63, 3.8) is 0 Å². The molecule has 1 heterocycles. The fourth-order valence-electron chi connectivity index (χ4n) is 4.08. The second-order valence-corrected chi connectivity index (χ2v) is 8.26. The maximum atomic E-state index is 12.5. The molecule has 140 valence electrons. The SMILES string of the molecule is C[C@H]1[C@H](C)CCC[C@@H]1NC(=O)N(C)CCN(C)C1CCN(C)CC1. The maximum Gasteiger partial charge on any atom is 0.317 e. The van der Waals surface area contributed by atoms with E-state index in [2.05, 4.69) is 43.1 Å². The van der Waals surface area contributed by atoms with Crippen molar-refractivity contribution >= 4 is 6.03 Å². The number of hydrogen-bond acceptors (Lipinski definition) is 3. The molecule has 2 amide bonds. The molecule has 5 heteroatoms. The van der Waals surface area contributed by atoms with Crippen molar-refractivity contribution in [3.8, 4) is 0 Å². The summed E-state index contributed by atoms with van der Waals surface area (Å²) in [5.74, 6) is 1.29. The minimum absolute atomic E-state index is 0.0951. The van der Waals surface area contributed by atoms with E-state index < -0.39 is 0 Å². The Morgan fingerprint density at radius 2 is 1.75 bits per heavy atom. The van der Waals surface area contributed by atoms with Crippen LogP contribution in [-0.4, -0.2) is 80.1 Å². The molecule has 2 rings (SSSR count). The first-order valence-corrected chi connectivity index (χ1v) is 9.79. The molecule has 1 saturated carbocycles. The van der Waals surface area contributed by atoms with Gasteiger partial charge < -0.3 is 20.0 Å². The maximum absolute atomic E-state index is 12.5. The van der Waals surface area contributed by atoms with Gasteiger partial charge in [-0.15, -0.1) is 0 Å². The van der Waals surface area contributed by atoms with Crippen molar-refractivity contribution in [2.24, 2.45) is 11.8 Å². The lowest BCUT2D eigenvalue weighted by Crippen LogP contribution is -2.50. The van der Waals surface area contributed by atoms with Crippen LogP contribution in [-0.2, 0) is 0 Å². The summed E-state index contributed by atoms with van der Waals surface area (Å²) in [6.07, 6.45) is 6.13. The molecule has 1 N–H and O–H groups in total. The smallest absolute Gasteiger partial charge is 0.317 e. The van der Waals surface area contributed by atoms with E-state index in [0.29, 0.717) is 23.9 Å². The topological polar surface area (TPSA) is 38.8 Å². The van der Waals surface area contributed by atoms with Crippen LogP contribution in [0, 0.1) is 11.8 Å². The number of likely N-dealkylation sites (tertiary alicyclic amines) is 1. The summed E-state index contributed by atoms with van der Waals surface area (Å²) >= 11 is 0. The van der Waals surface area contributed by atoms with Crippen LogP contribution in [0.4, 0.5) is 4.79 Å². The Kier molecular flexibility index (Phi) is 7.35. The molecule has 1 saturated heterocycles. The summed E-state index contributed by atoms with van der Waals surface area (Å²) in [4.78, 5) is 19.2. The van der Waals surface area contributed by atoms with E-state index in [1.54, 1.807) is 0 Å². The fourth-order valence-corrected chi connectivity index (χ4v) is 4.08. The summed E-state index contributed by atoms with van der Waals surface area (Å²) in [6, 6.07) is 1.10. The Hall–Kier alpha value is -0.810. The molecule has 1 aliphatic heterocycles. The quantitative estimate of drug-likeness (QED) is 0.837. The Bertz CT molecular complexity index is 395. The molecule has 0 aromatic carbocycles. The van der Waals surface area contributed by atoms with Crippen molar-refractivity contribution in [2.45, 2.75) is 58.0 Å². The zero-order chi connectivity index (χ0) is 17.7. The van der Waals surface area contributed by atoms with E-state index in [-0.39, 0.29) is 6.03 Å². The molecule has 24 heavy (non-hydrogen) atoms. The predicted octanol–water partition coefficient (Wildman–Crippen LogP) is 2.48. The lowest BCUT2D eigenvalue weighted by molar-refractivity contribution is 0.132. The van der Waals surface area contributed by atoms with Crippen LogP contribution in [0.15, 0.2) is 0 Å². The van der Waals surface area contributed by atoms with E-state index in [1.807, 2.05) is 11.9 Å². The Balaban J connectivity index is 1.71. The van der Waals surface area contributed by atoms with Gasteiger partial charge in [-0.1, -0.05) is 26.7 Å². The van der Waals surface area contributed by atoms with Crippen LogP contribution >= 0.6 is 0 Å². The van der Waals surface area contributed by atoms with Gasteiger partial charge in [-0.25, -0.2) is 4.79 Å². The van der Waals surface area contributed by atoms with E-state index in [0.717, 1.165) is 19.5 Å². The number of likely N-dealkylation sites (N-methyl/N-ethyl adjacent to an activating group) is 2. The molecule has 0 aromatic rings. The highest BCUT2D eigenvalue weighted by Gasteiger charge is 2.29. The summed E-state index contributed by atoms with van der Waals surface area (Å²) < 4.78 is 0. The van der Waals surface area contributed by atoms with E-state index in [9.17, 15) is 4.79 Å². The lowest BCUT2D eigenvalue weighted by atomic mass is 9.78. The van der Waals surface area contributed by atoms with Gasteiger partial charge in [0, 0.05) is 32.2 Å². The van der Waals surface area contributed by atoms with Gasteiger partial charge in [0.15, 0.2) is 0 Å². The molecule has 2 fully saturated rings. The number of carbonyl (C=O) groups excluding carboxylic acids is 1.